The Labute approximate surface area is 80.0 Å². The topological polar surface area (TPSA) is 59.1 Å². The van der Waals surface area contributed by atoms with E-state index in [1.54, 1.807) is 18.2 Å². The molecule has 1 aromatic rings. The van der Waals surface area contributed by atoms with Gasteiger partial charge in [0.25, 0.3) is 6.43 Å². The molecule has 0 aromatic heterocycles. The minimum absolute atomic E-state index is 0.199. The SMILES string of the molecule is N=C(N)c1ccccc1OCC(F)F. The number of nitrogen functional groups attached to an aromatic ring is 1. The highest BCUT2D eigenvalue weighted by Gasteiger charge is 2.08. The third-order valence-electron chi connectivity index (χ3n) is 1.54. The first-order valence-corrected chi connectivity index (χ1v) is 3.95. The lowest BCUT2D eigenvalue weighted by Gasteiger charge is -2.09. The van der Waals surface area contributed by atoms with Gasteiger partial charge in [0.15, 0.2) is 0 Å². The molecule has 76 valence electrons. The Balaban J connectivity index is 2.79. The van der Waals surface area contributed by atoms with Gasteiger partial charge in [0, 0.05) is 0 Å². The highest BCUT2D eigenvalue weighted by atomic mass is 19.3. The number of rotatable bonds is 4. The van der Waals surface area contributed by atoms with E-state index in [1.807, 2.05) is 0 Å². The molecule has 0 radical (unpaired) electrons. The molecule has 0 atom stereocenters. The molecule has 5 heteroatoms. The fourth-order valence-corrected chi connectivity index (χ4v) is 0.968. The molecule has 0 saturated heterocycles. The first kappa shape index (κ1) is 10.4. The Morgan fingerprint density at radius 3 is 2.64 bits per heavy atom. The molecule has 3 nitrogen and oxygen atoms in total. The van der Waals surface area contributed by atoms with Gasteiger partial charge >= 0.3 is 0 Å². The van der Waals surface area contributed by atoms with Crippen molar-refractivity contribution in [2.75, 3.05) is 6.61 Å². The van der Waals surface area contributed by atoms with E-state index in [4.69, 9.17) is 15.9 Å². The van der Waals surface area contributed by atoms with E-state index < -0.39 is 13.0 Å². The third kappa shape index (κ3) is 2.69. The number of para-hydroxylation sites is 1. The summed E-state index contributed by atoms with van der Waals surface area (Å²) in [5.74, 6) is 0.00941. The second-order valence-corrected chi connectivity index (χ2v) is 2.61. The molecule has 1 rings (SSSR count). The van der Waals surface area contributed by atoms with E-state index in [2.05, 4.69) is 0 Å². The van der Waals surface area contributed by atoms with Crippen LogP contribution in [0.4, 0.5) is 8.78 Å². The first-order chi connectivity index (χ1) is 6.61. The fraction of sp³-hybridized carbons (Fsp3) is 0.222. The van der Waals surface area contributed by atoms with Crippen molar-refractivity contribution >= 4 is 5.84 Å². The summed E-state index contributed by atoms with van der Waals surface area (Å²) < 4.78 is 28.5. The summed E-state index contributed by atoms with van der Waals surface area (Å²) in [7, 11) is 0. The predicted molar refractivity (Wildman–Crippen MR) is 49.0 cm³/mol. The Hall–Kier alpha value is -1.65. The van der Waals surface area contributed by atoms with Crippen LogP contribution in [-0.4, -0.2) is 18.9 Å². The van der Waals surface area contributed by atoms with Crippen LogP contribution in [-0.2, 0) is 0 Å². The number of nitrogens with one attached hydrogen (secondary N) is 1. The van der Waals surface area contributed by atoms with Crippen LogP contribution in [0.15, 0.2) is 24.3 Å². The summed E-state index contributed by atoms with van der Waals surface area (Å²) in [4.78, 5) is 0. The number of halogens is 2. The van der Waals surface area contributed by atoms with Gasteiger partial charge in [-0.15, -0.1) is 0 Å². The molecule has 0 saturated carbocycles. The van der Waals surface area contributed by atoms with Crippen LogP contribution in [0.3, 0.4) is 0 Å². The summed E-state index contributed by atoms with van der Waals surface area (Å²) in [6.07, 6.45) is -2.53. The fourth-order valence-electron chi connectivity index (χ4n) is 0.968. The van der Waals surface area contributed by atoms with Crippen LogP contribution < -0.4 is 10.5 Å². The molecular weight excluding hydrogens is 190 g/mol. The van der Waals surface area contributed by atoms with Crippen molar-refractivity contribution in [3.05, 3.63) is 29.8 Å². The average Bonchev–Trinajstić information content (AvgIpc) is 2.15. The lowest BCUT2D eigenvalue weighted by atomic mass is 10.2. The lowest BCUT2D eigenvalue weighted by Crippen LogP contribution is -2.15. The average molecular weight is 200 g/mol. The quantitative estimate of drug-likeness (QED) is 0.573. The number of alkyl halides is 2. The summed E-state index contributed by atoms with van der Waals surface area (Å²) in [5.41, 5.74) is 5.56. The maximum absolute atomic E-state index is 11.8. The third-order valence-corrected chi connectivity index (χ3v) is 1.54. The zero-order valence-corrected chi connectivity index (χ0v) is 7.34. The summed E-state index contributed by atoms with van der Waals surface area (Å²) in [6, 6.07) is 6.33. The monoisotopic (exact) mass is 200 g/mol. The van der Waals surface area contributed by atoms with Gasteiger partial charge in [-0.25, -0.2) is 8.78 Å². The molecule has 14 heavy (non-hydrogen) atoms. The first-order valence-electron chi connectivity index (χ1n) is 3.95. The molecule has 1 aromatic carbocycles. The van der Waals surface area contributed by atoms with Crippen molar-refractivity contribution in [1.82, 2.24) is 0 Å². The van der Waals surface area contributed by atoms with Gasteiger partial charge in [0.1, 0.15) is 18.2 Å². The highest BCUT2D eigenvalue weighted by molar-refractivity contribution is 5.97. The molecule has 3 N–H and O–H groups in total. The number of benzene rings is 1. The highest BCUT2D eigenvalue weighted by Crippen LogP contribution is 2.17. The zero-order valence-electron chi connectivity index (χ0n) is 7.34. The predicted octanol–water partition coefficient (Wildman–Crippen LogP) is 1.61. The molecule has 0 aliphatic carbocycles. The van der Waals surface area contributed by atoms with Crippen LogP contribution in [0.2, 0.25) is 0 Å². The molecule has 0 aliphatic heterocycles. The Morgan fingerprint density at radius 1 is 1.43 bits per heavy atom. The Morgan fingerprint density at radius 2 is 2.07 bits per heavy atom. The minimum Gasteiger partial charge on any atom is -0.487 e. The van der Waals surface area contributed by atoms with Crippen LogP contribution in [0.1, 0.15) is 5.56 Å². The number of amidine groups is 1. The smallest absolute Gasteiger partial charge is 0.272 e. The normalized spacial score (nSPS) is 10.2. The van der Waals surface area contributed by atoms with Gasteiger partial charge < -0.3 is 10.5 Å². The molecule has 0 spiro atoms. The Kier molecular flexibility index (Phi) is 3.39. The van der Waals surface area contributed by atoms with Gasteiger partial charge in [0.2, 0.25) is 0 Å². The molecule has 0 aliphatic rings. The van der Waals surface area contributed by atoms with E-state index in [0.717, 1.165) is 0 Å². The zero-order chi connectivity index (χ0) is 10.6. The number of nitrogens with two attached hydrogens (primary N) is 1. The largest absolute Gasteiger partial charge is 0.487 e. The maximum Gasteiger partial charge on any atom is 0.272 e. The van der Waals surface area contributed by atoms with Crippen molar-refractivity contribution in [3.8, 4) is 5.75 Å². The van der Waals surface area contributed by atoms with E-state index in [1.165, 1.54) is 6.07 Å². The van der Waals surface area contributed by atoms with E-state index in [9.17, 15) is 8.78 Å². The molecular formula is C9H10F2N2O. The van der Waals surface area contributed by atoms with Crippen molar-refractivity contribution in [2.45, 2.75) is 6.43 Å². The second-order valence-electron chi connectivity index (χ2n) is 2.61. The van der Waals surface area contributed by atoms with Gasteiger partial charge in [-0.1, -0.05) is 12.1 Å². The number of hydrogen-bond donors (Lipinski definition) is 2. The summed E-state index contributed by atoms with van der Waals surface area (Å²) >= 11 is 0. The second kappa shape index (κ2) is 4.55. The molecule has 0 fully saturated rings. The van der Waals surface area contributed by atoms with E-state index >= 15 is 0 Å². The van der Waals surface area contributed by atoms with Gasteiger partial charge in [-0.3, -0.25) is 5.41 Å². The standard InChI is InChI=1S/C9H10F2N2O/c10-8(11)5-14-7-4-2-1-3-6(7)9(12)13/h1-4,8H,5H2,(H3,12,13). The van der Waals surface area contributed by atoms with Crippen molar-refractivity contribution in [2.24, 2.45) is 5.73 Å². The van der Waals surface area contributed by atoms with E-state index in [-0.39, 0.29) is 11.6 Å². The van der Waals surface area contributed by atoms with Crippen LogP contribution in [0.5, 0.6) is 5.75 Å². The number of hydrogen-bond acceptors (Lipinski definition) is 2. The molecule has 0 unspecified atom stereocenters. The van der Waals surface area contributed by atoms with Gasteiger partial charge in [-0.05, 0) is 12.1 Å². The van der Waals surface area contributed by atoms with Gasteiger partial charge in [-0.2, -0.15) is 0 Å². The van der Waals surface area contributed by atoms with Gasteiger partial charge in [0.05, 0.1) is 5.56 Å². The van der Waals surface area contributed by atoms with Crippen LogP contribution in [0.25, 0.3) is 0 Å². The number of ether oxygens (including phenoxy) is 1. The van der Waals surface area contributed by atoms with Crippen molar-refractivity contribution < 1.29 is 13.5 Å². The van der Waals surface area contributed by atoms with Crippen LogP contribution >= 0.6 is 0 Å². The summed E-state index contributed by atoms with van der Waals surface area (Å²) in [5, 5.41) is 7.17. The Bertz CT molecular complexity index is 328. The summed E-state index contributed by atoms with van der Waals surface area (Å²) in [6.45, 7) is -0.690. The minimum atomic E-state index is -2.53. The maximum atomic E-state index is 11.8. The molecule has 0 heterocycles. The van der Waals surface area contributed by atoms with Crippen molar-refractivity contribution in [3.63, 3.8) is 0 Å². The van der Waals surface area contributed by atoms with Crippen molar-refractivity contribution in [1.29, 1.82) is 5.41 Å². The molecule has 0 bridgehead atoms. The molecule has 0 amide bonds. The van der Waals surface area contributed by atoms with Crippen LogP contribution in [0, 0.1) is 5.41 Å². The van der Waals surface area contributed by atoms with E-state index in [0.29, 0.717) is 5.56 Å². The lowest BCUT2D eigenvalue weighted by molar-refractivity contribution is 0.0818.